The molecular weight excluding hydrogens is 698 g/mol. The molecule has 276 valence electrons. The number of carbonyl (C=O) groups is 4. The van der Waals surface area contributed by atoms with E-state index in [0.29, 0.717) is 62.7 Å². The number of nitrogens with one attached hydrogen (secondary N) is 3. The van der Waals surface area contributed by atoms with Gasteiger partial charge in [-0.15, -0.1) is 0 Å². The van der Waals surface area contributed by atoms with Gasteiger partial charge in [0.25, 0.3) is 11.8 Å². The Hall–Kier alpha value is -7.40. The molecular formula is C44H37N3O8. The largest absolute Gasteiger partial charge is 0.478 e. The van der Waals surface area contributed by atoms with Crippen LogP contribution in [0.3, 0.4) is 0 Å². The Bertz CT molecular complexity index is 2390. The summed E-state index contributed by atoms with van der Waals surface area (Å²) in [6.45, 7) is 6.96. The molecule has 0 unspecified atom stereocenters. The molecule has 0 radical (unpaired) electrons. The lowest BCUT2D eigenvalue weighted by Gasteiger charge is -2.12. The highest BCUT2D eigenvalue weighted by molar-refractivity contribution is 6.05. The fourth-order valence-electron chi connectivity index (χ4n) is 5.64. The van der Waals surface area contributed by atoms with Crippen LogP contribution < -0.4 is 30.2 Å². The van der Waals surface area contributed by atoms with Crippen LogP contribution >= 0.6 is 0 Å². The fraction of sp³-hybridized carbons (Fsp3) is 0.0909. The fourth-order valence-corrected chi connectivity index (χ4v) is 5.64. The maximum atomic E-state index is 13.2. The van der Waals surface area contributed by atoms with Crippen molar-refractivity contribution in [2.45, 2.75) is 27.7 Å². The lowest BCUT2D eigenvalue weighted by molar-refractivity contribution is -0.114. The molecule has 11 heteroatoms. The summed E-state index contributed by atoms with van der Waals surface area (Å²) in [7, 11) is 0. The second-order valence-electron chi connectivity index (χ2n) is 12.9. The van der Waals surface area contributed by atoms with Gasteiger partial charge >= 0.3 is 5.97 Å². The molecule has 0 atom stereocenters. The number of anilines is 3. The van der Waals surface area contributed by atoms with Gasteiger partial charge in [-0.25, -0.2) is 4.79 Å². The number of benzene rings is 6. The summed E-state index contributed by atoms with van der Waals surface area (Å²) in [6, 6.07) is 35.8. The van der Waals surface area contributed by atoms with Crippen molar-refractivity contribution in [1.82, 2.24) is 0 Å². The molecule has 0 heterocycles. The second kappa shape index (κ2) is 16.5. The first-order valence-corrected chi connectivity index (χ1v) is 17.2. The Labute approximate surface area is 317 Å². The quantitative estimate of drug-likeness (QED) is 0.0969. The zero-order valence-corrected chi connectivity index (χ0v) is 30.4. The molecule has 6 aromatic carbocycles. The van der Waals surface area contributed by atoms with Crippen molar-refractivity contribution < 1.29 is 38.5 Å². The lowest BCUT2D eigenvalue weighted by Crippen LogP contribution is -2.12. The molecule has 0 aliphatic rings. The van der Waals surface area contributed by atoms with E-state index in [0.717, 1.165) is 16.7 Å². The second-order valence-corrected chi connectivity index (χ2v) is 12.9. The molecule has 0 aromatic heterocycles. The van der Waals surface area contributed by atoms with Gasteiger partial charge < -0.3 is 35.3 Å². The van der Waals surface area contributed by atoms with Crippen LogP contribution in [0.2, 0.25) is 0 Å². The van der Waals surface area contributed by atoms with E-state index in [1.54, 1.807) is 116 Å². The summed E-state index contributed by atoms with van der Waals surface area (Å²) in [5.41, 5.74) is 5.10. The monoisotopic (exact) mass is 735 g/mol. The first-order chi connectivity index (χ1) is 26.3. The van der Waals surface area contributed by atoms with Gasteiger partial charge in [0.1, 0.15) is 34.5 Å². The Morgan fingerprint density at radius 3 is 1.05 bits per heavy atom. The third-order valence-electron chi connectivity index (χ3n) is 8.03. The van der Waals surface area contributed by atoms with E-state index in [-0.39, 0.29) is 23.3 Å². The van der Waals surface area contributed by atoms with Crippen LogP contribution in [0.1, 0.15) is 54.7 Å². The molecule has 0 spiro atoms. The minimum absolute atomic E-state index is 0.132. The maximum Gasteiger partial charge on any atom is 0.335 e. The number of aryl methyl sites for hydroxylation is 3. The van der Waals surface area contributed by atoms with Crippen molar-refractivity contribution in [3.63, 3.8) is 0 Å². The molecule has 6 rings (SSSR count). The van der Waals surface area contributed by atoms with E-state index in [1.165, 1.54) is 13.0 Å². The molecule has 6 aromatic rings. The van der Waals surface area contributed by atoms with Gasteiger partial charge in [-0.1, -0.05) is 0 Å². The minimum Gasteiger partial charge on any atom is -0.478 e. The molecule has 0 saturated heterocycles. The van der Waals surface area contributed by atoms with Crippen LogP contribution in [0.4, 0.5) is 17.1 Å². The zero-order valence-electron chi connectivity index (χ0n) is 30.4. The number of rotatable bonds is 12. The van der Waals surface area contributed by atoms with E-state index in [2.05, 4.69) is 16.0 Å². The Morgan fingerprint density at radius 1 is 0.418 bits per heavy atom. The summed E-state index contributed by atoms with van der Waals surface area (Å²) >= 11 is 0. The number of ether oxygens (including phenoxy) is 3. The summed E-state index contributed by atoms with van der Waals surface area (Å²) < 4.78 is 17.9. The average Bonchev–Trinajstić information content (AvgIpc) is 3.13. The highest BCUT2D eigenvalue weighted by Crippen LogP contribution is 2.29. The third-order valence-corrected chi connectivity index (χ3v) is 8.03. The standard InChI is InChI=1S/C44H37N3O8/c1-26-17-30(23-39(20-26)53-36-11-5-33(6-12-36)45-29(4)48)42(49)46-34-7-13-37(14-8-34)54-40-21-27(2)18-31(24-40)43(50)47-35-9-15-38(16-10-35)55-41-22-28(3)19-32(25-41)44(51)52/h5-25H,1-4H3,(H,45,48)(H,46,49)(H,47,50)(H,51,52). The van der Waals surface area contributed by atoms with Crippen molar-refractivity contribution in [2.75, 3.05) is 16.0 Å². The predicted molar refractivity (Wildman–Crippen MR) is 210 cm³/mol. The number of carboxylic acid groups (broad SMARTS) is 1. The number of carboxylic acids is 1. The summed E-state index contributed by atoms with van der Waals surface area (Å²) in [4.78, 5) is 49.1. The highest BCUT2D eigenvalue weighted by atomic mass is 16.5. The van der Waals surface area contributed by atoms with Gasteiger partial charge in [-0.3, -0.25) is 14.4 Å². The number of carbonyl (C=O) groups excluding carboxylic acids is 3. The average molecular weight is 736 g/mol. The third kappa shape index (κ3) is 10.4. The van der Waals surface area contributed by atoms with Gasteiger partial charge in [-0.2, -0.15) is 0 Å². The molecule has 0 bridgehead atoms. The van der Waals surface area contributed by atoms with Crippen LogP contribution in [-0.4, -0.2) is 28.8 Å². The first kappa shape index (κ1) is 37.4. The van der Waals surface area contributed by atoms with Gasteiger partial charge in [0, 0.05) is 35.1 Å². The van der Waals surface area contributed by atoms with Gasteiger partial charge in [-0.05, 0) is 165 Å². The molecule has 0 fully saturated rings. The molecule has 4 N–H and O–H groups in total. The lowest BCUT2D eigenvalue weighted by atomic mass is 10.1. The van der Waals surface area contributed by atoms with E-state index in [4.69, 9.17) is 14.2 Å². The summed E-state index contributed by atoms with van der Waals surface area (Å²) in [5.74, 6) is 1.03. The van der Waals surface area contributed by atoms with Crippen molar-refractivity contribution >= 4 is 40.8 Å². The van der Waals surface area contributed by atoms with E-state index in [1.807, 2.05) is 26.0 Å². The Morgan fingerprint density at radius 2 is 0.727 bits per heavy atom. The maximum absolute atomic E-state index is 13.2. The van der Waals surface area contributed by atoms with E-state index < -0.39 is 5.97 Å². The number of hydrogen-bond acceptors (Lipinski definition) is 7. The molecule has 0 aliphatic heterocycles. The minimum atomic E-state index is -1.04. The van der Waals surface area contributed by atoms with Crippen LogP contribution in [-0.2, 0) is 4.79 Å². The molecule has 3 amide bonds. The summed E-state index contributed by atoms with van der Waals surface area (Å²) in [6.07, 6.45) is 0. The SMILES string of the molecule is CC(=O)Nc1ccc(Oc2cc(C)cc(C(=O)Nc3ccc(Oc4cc(C)cc(C(=O)Nc5ccc(Oc6cc(C)cc(C(=O)O)c6)cc5)c4)cc3)c2)cc1. The van der Waals surface area contributed by atoms with Crippen LogP contribution in [0.15, 0.2) is 127 Å². The van der Waals surface area contributed by atoms with Crippen LogP contribution in [0.25, 0.3) is 0 Å². The van der Waals surface area contributed by atoms with Crippen molar-refractivity contribution in [3.05, 3.63) is 161 Å². The van der Waals surface area contributed by atoms with Gasteiger partial charge in [0.05, 0.1) is 5.56 Å². The van der Waals surface area contributed by atoms with E-state index >= 15 is 0 Å². The van der Waals surface area contributed by atoms with Gasteiger partial charge in [0.2, 0.25) is 5.91 Å². The highest BCUT2D eigenvalue weighted by Gasteiger charge is 2.13. The summed E-state index contributed by atoms with van der Waals surface area (Å²) in [5, 5.41) is 17.8. The number of hydrogen-bond donors (Lipinski definition) is 4. The van der Waals surface area contributed by atoms with Crippen molar-refractivity contribution in [2.24, 2.45) is 0 Å². The number of amides is 3. The molecule has 0 aliphatic carbocycles. The number of aromatic carboxylic acids is 1. The smallest absolute Gasteiger partial charge is 0.335 e. The zero-order chi connectivity index (χ0) is 39.1. The van der Waals surface area contributed by atoms with Crippen molar-refractivity contribution in [3.8, 4) is 34.5 Å². The van der Waals surface area contributed by atoms with Crippen LogP contribution in [0.5, 0.6) is 34.5 Å². The van der Waals surface area contributed by atoms with Gasteiger partial charge in [0.15, 0.2) is 0 Å². The van der Waals surface area contributed by atoms with Crippen molar-refractivity contribution in [1.29, 1.82) is 0 Å². The predicted octanol–water partition coefficient (Wildman–Crippen LogP) is 10.1. The normalized spacial score (nSPS) is 10.5. The van der Waals surface area contributed by atoms with E-state index in [9.17, 15) is 24.3 Å². The first-order valence-electron chi connectivity index (χ1n) is 17.2. The topological polar surface area (TPSA) is 152 Å². The molecule has 11 nitrogen and oxygen atoms in total. The Kier molecular flexibility index (Phi) is 11.2. The Balaban J connectivity index is 1.05. The van der Waals surface area contributed by atoms with Crippen LogP contribution in [0, 0.1) is 20.8 Å². The molecule has 55 heavy (non-hydrogen) atoms. The molecule has 0 saturated carbocycles.